The lowest BCUT2D eigenvalue weighted by atomic mass is 10.1. The van der Waals surface area contributed by atoms with E-state index in [1.54, 1.807) is 12.4 Å². The highest BCUT2D eigenvalue weighted by molar-refractivity contribution is 5.94. The van der Waals surface area contributed by atoms with E-state index in [9.17, 15) is 4.79 Å². The number of rotatable bonds is 4. The summed E-state index contributed by atoms with van der Waals surface area (Å²) in [7, 11) is 1.89. The Morgan fingerprint density at radius 2 is 1.91 bits per heavy atom. The number of amides is 1. The molecule has 4 nitrogen and oxygen atoms in total. The minimum Gasteiger partial charge on any atom is -0.346 e. The zero-order valence-electron chi connectivity index (χ0n) is 13.2. The van der Waals surface area contributed by atoms with Crippen molar-refractivity contribution in [1.82, 2.24) is 14.9 Å². The highest BCUT2D eigenvalue weighted by Crippen LogP contribution is 2.22. The molecule has 0 aliphatic carbocycles. The molecule has 116 valence electrons. The molecule has 23 heavy (non-hydrogen) atoms. The van der Waals surface area contributed by atoms with Crippen LogP contribution in [0.3, 0.4) is 0 Å². The molecule has 1 N–H and O–H groups in total. The standard InChI is InChI=1S/C19H19N3O/c1-14(16-9-6-10-20-12-16)21-19(23)18-11-17(13-22(18)2)15-7-4-3-5-8-15/h3-14H,1-2H3,(H,21,23)/t14-/m1/s1. The second-order valence-electron chi connectivity index (χ2n) is 5.57. The zero-order chi connectivity index (χ0) is 16.2. The van der Waals surface area contributed by atoms with Gasteiger partial charge in [-0.15, -0.1) is 0 Å². The number of pyridine rings is 1. The fourth-order valence-electron chi connectivity index (χ4n) is 2.56. The third kappa shape index (κ3) is 3.31. The second-order valence-corrected chi connectivity index (χ2v) is 5.57. The van der Waals surface area contributed by atoms with Crippen LogP contribution >= 0.6 is 0 Å². The molecule has 0 radical (unpaired) electrons. The van der Waals surface area contributed by atoms with Crippen molar-refractivity contribution >= 4 is 5.91 Å². The number of aromatic nitrogens is 2. The summed E-state index contributed by atoms with van der Waals surface area (Å²) in [5, 5.41) is 3.02. The summed E-state index contributed by atoms with van der Waals surface area (Å²) in [5.74, 6) is -0.0916. The Bertz CT molecular complexity index is 794. The van der Waals surface area contributed by atoms with E-state index >= 15 is 0 Å². The van der Waals surface area contributed by atoms with Gasteiger partial charge in [-0.05, 0) is 30.2 Å². The topological polar surface area (TPSA) is 46.9 Å². The first-order chi connectivity index (χ1) is 11.1. The highest BCUT2D eigenvalue weighted by atomic mass is 16.2. The van der Waals surface area contributed by atoms with Crippen LogP contribution in [0, 0.1) is 0 Å². The Morgan fingerprint density at radius 3 is 2.61 bits per heavy atom. The Morgan fingerprint density at radius 1 is 1.13 bits per heavy atom. The van der Waals surface area contributed by atoms with E-state index in [1.807, 2.05) is 73.3 Å². The first kappa shape index (κ1) is 15.0. The van der Waals surface area contributed by atoms with Crippen LogP contribution in [0.1, 0.15) is 29.0 Å². The van der Waals surface area contributed by atoms with Gasteiger partial charge in [-0.3, -0.25) is 9.78 Å². The number of nitrogens with zero attached hydrogens (tertiary/aromatic N) is 2. The van der Waals surface area contributed by atoms with E-state index in [-0.39, 0.29) is 11.9 Å². The molecule has 2 aromatic heterocycles. The molecule has 1 amide bonds. The molecule has 3 aromatic rings. The van der Waals surface area contributed by atoms with Gasteiger partial charge in [-0.1, -0.05) is 36.4 Å². The average Bonchev–Trinajstić information content (AvgIpc) is 2.98. The minimum atomic E-state index is -0.0916. The van der Waals surface area contributed by atoms with Crippen molar-refractivity contribution in [3.8, 4) is 11.1 Å². The van der Waals surface area contributed by atoms with E-state index in [0.717, 1.165) is 16.7 Å². The van der Waals surface area contributed by atoms with Crippen molar-refractivity contribution in [3.63, 3.8) is 0 Å². The molecule has 1 atom stereocenters. The van der Waals surface area contributed by atoms with Crippen molar-refractivity contribution in [2.24, 2.45) is 7.05 Å². The van der Waals surface area contributed by atoms with E-state index in [4.69, 9.17) is 0 Å². The van der Waals surface area contributed by atoms with E-state index < -0.39 is 0 Å². The van der Waals surface area contributed by atoms with Crippen molar-refractivity contribution in [1.29, 1.82) is 0 Å². The number of carbonyl (C=O) groups is 1. The molecule has 0 spiro atoms. The Balaban J connectivity index is 1.79. The summed E-state index contributed by atoms with van der Waals surface area (Å²) in [6.45, 7) is 1.95. The Labute approximate surface area is 135 Å². The predicted octanol–water partition coefficient (Wildman–Crippen LogP) is 3.58. The average molecular weight is 305 g/mol. The van der Waals surface area contributed by atoms with Crippen LogP contribution in [0.25, 0.3) is 11.1 Å². The molecule has 4 heteroatoms. The first-order valence-electron chi connectivity index (χ1n) is 7.57. The van der Waals surface area contributed by atoms with Gasteiger partial charge in [-0.25, -0.2) is 0 Å². The third-order valence-corrected chi connectivity index (χ3v) is 3.88. The van der Waals surface area contributed by atoms with Gasteiger partial charge in [0.15, 0.2) is 0 Å². The molecule has 0 aliphatic rings. The van der Waals surface area contributed by atoms with Gasteiger partial charge in [0, 0.05) is 31.2 Å². The van der Waals surface area contributed by atoms with Crippen LogP contribution < -0.4 is 5.32 Å². The van der Waals surface area contributed by atoms with Gasteiger partial charge in [0.2, 0.25) is 0 Å². The van der Waals surface area contributed by atoms with Gasteiger partial charge in [0.25, 0.3) is 5.91 Å². The maximum atomic E-state index is 12.5. The predicted molar refractivity (Wildman–Crippen MR) is 91.0 cm³/mol. The van der Waals surface area contributed by atoms with Crippen molar-refractivity contribution in [2.75, 3.05) is 0 Å². The van der Waals surface area contributed by atoms with Crippen LogP contribution in [-0.4, -0.2) is 15.5 Å². The number of carbonyl (C=O) groups excluding carboxylic acids is 1. The number of hydrogen-bond acceptors (Lipinski definition) is 2. The Hall–Kier alpha value is -2.88. The van der Waals surface area contributed by atoms with Gasteiger partial charge in [-0.2, -0.15) is 0 Å². The van der Waals surface area contributed by atoms with Gasteiger partial charge in [0.05, 0.1) is 6.04 Å². The normalized spacial score (nSPS) is 11.9. The highest BCUT2D eigenvalue weighted by Gasteiger charge is 2.15. The lowest BCUT2D eigenvalue weighted by Crippen LogP contribution is -2.28. The lowest BCUT2D eigenvalue weighted by molar-refractivity contribution is 0.0931. The number of nitrogens with one attached hydrogen (secondary N) is 1. The van der Waals surface area contributed by atoms with Crippen LogP contribution in [0.15, 0.2) is 67.1 Å². The molecular formula is C19H19N3O. The van der Waals surface area contributed by atoms with Gasteiger partial charge in [0.1, 0.15) is 5.69 Å². The molecule has 0 aliphatic heterocycles. The smallest absolute Gasteiger partial charge is 0.268 e. The van der Waals surface area contributed by atoms with Gasteiger partial charge < -0.3 is 9.88 Å². The first-order valence-corrected chi connectivity index (χ1v) is 7.57. The second kappa shape index (κ2) is 6.48. The molecule has 0 bridgehead atoms. The number of hydrogen-bond donors (Lipinski definition) is 1. The summed E-state index contributed by atoms with van der Waals surface area (Å²) in [5.41, 5.74) is 3.76. The zero-order valence-corrected chi connectivity index (χ0v) is 13.2. The van der Waals surface area contributed by atoms with E-state index in [1.165, 1.54) is 0 Å². The summed E-state index contributed by atoms with van der Waals surface area (Å²) in [6, 6.07) is 15.7. The summed E-state index contributed by atoms with van der Waals surface area (Å²) >= 11 is 0. The quantitative estimate of drug-likeness (QED) is 0.801. The molecule has 0 saturated heterocycles. The molecule has 3 rings (SSSR count). The van der Waals surface area contributed by atoms with Crippen LogP contribution in [0.2, 0.25) is 0 Å². The SMILES string of the molecule is C[C@@H](NC(=O)c1cc(-c2ccccc2)cn1C)c1cccnc1. The fourth-order valence-corrected chi connectivity index (χ4v) is 2.56. The Kier molecular flexibility index (Phi) is 4.24. The molecule has 0 unspecified atom stereocenters. The number of aryl methyl sites for hydroxylation is 1. The fraction of sp³-hybridized carbons (Fsp3) is 0.158. The summed E-state index contributed by atoms with van der Waals surface area (Å²) in [6.07, 6.45) is 5.46. The monoisotopic (exact) mass is 305 g/mol. The van der Waals surface area contributed by atoms with Crippen LogP contribution in [-0.2, 0) is 7.05 Å². The molecule has 0 saturated carbocycles. The van der Waals surface area contributed by atoms with E-state index in [2.05, 4.69) is 10.3 Å². The maximum Gasteiger partial charge on any atom is 0.268 e. The largest absolute Gasteiger partial charge is 0.346 e. The van der Waals surface area contributed by atoms with Crippen molar-refractivity contribution < 1.29 is 4.79 Å². The van der Waals surface area contributed by atoms with Crippen molar-refractivity contribution in [3.05, 3.63) is 78.4 Å². The molecule has 2 heterocycles. The van der Waals surface area contributed by atoms with E-state index in [0.29, 0.717) is 5.69 Å². The maximum absolute atomic E-state index is 12.5. The van der Waals surface area contributed by atoms with Crippen LogP contribution in [0.5, 0.6) is 0 Å². The molecule has 0 fully saturated rings. The van der Waals surface area contributed by atoms with Crippen LogP contribution in [0.4, 0.5) is 0 Å². The third-order valence-electron chi connectivity index (χ3n) is 3.88. The lowest BCUT2D eigenvalue weighted by Gasteiger charge is -2.14. The summed E-state index contributed by atoms with van der Waals surface area (Å²) < 4.78 is 1.85. The number of benzene rings is 1. The van der Waals surface area contributed by atoms with Gasteiger partial charge >= 0.3 is 0 Å². The minimum absolute atomic E-state index is 0.0914. The molecular weight excluding hydrogens is 286 g/mol. The summed E-state index contributed by atoms with van der Waals surface area (Å²) in [4.78, 5) is 16.6. The molecule has 1 aromatic carbocycles. The van der Waals surface area contributed by atoms with Crippen molar-refractivity contribution in [2.45, 2.75) is 13.0 Å².